The summed E-state index contributed by atoms with van der Waals surface area (Å²) in [6, 6.07) is 6.06. The van der Waals surface area contributed by atoms with Crippen LogP contribution in [0, 0.1) is 0 Å². The van der Waals surface area contributed by atoms with E-state index in [0.717, 1.165) is 51.2 Å². The Morgan fingerprint density at radius 3 is 3.07 bits per heavy atom. The van der Waals surface area contributed by atoms with Crippen molar-refractivity contribution in [1.29, 1.82) is 0 Å². The molecule has 0 amide bonds. The topological polar surface area (TPSA) is 120 Å². The number of fused-ring (bicyclic) bond motifs is 4. The fraction of sp³-hybridized carbons (Fsp3) is 0.300. The fourth-order valence-electron chi connectivity index (χ4n) is 3.92. The standard InChI is InChI=1S/C20H19N5O3S2/c26-16(27)5-6-21-10-1-3-12-14(7-10)29-19-17(12)18(22-9-23-19)24-11-2-4-13-15(8-11)30-20(28)25-13/h2,4,8-10,21H,1,3,5-7H2,(H,25,28)(H,26,27)(H,22,23,24). The van der Waals surface area contributed by atoms with E-state index in [-0.39, 0.29) is 17.3 Å². The lowest BCUT2D eigenvalue weighted by Gasteiger charge is -2.23. The molecular formula is C20H19N5O3S2. The molecule has 5 rings (SSSR count). The fourth-order valence-corrected chi connectivity index (χ4v) is 5.96. The predicted molar refractivity (Wildman–Crippen MR) is 119 cm³/mol. The molecule has 30 heavy (non-hydrogen) atoms. The van der Waals surface area contributed by atoms with Crippen molar-refractivity contribution in [2.24, 2.45) is 0 Å². The lowest BCUT2D eigenvalue weighted by molar-refractivity contribution is -0.136. The highest BCUT2D eigenvalue weighted by atomic mass is 32.1. The molecule has 3 aromatic heterocycles. The van der Waals surface area contributed by atoms with Crippen molar-refractivity contribution in [2.45, 2.75) is 31.7 Å². The first-order chi connectivity index (χ1) is 14.6. The van der Waals surface area contributed by atoms with Gasteiger partial charge in [0.1, 0.15) is 17.0 Å². The van der Waals surface area contributed by atoms with E-state index in [9.17, 15) is 9.59 Å². The van der Waals surface area contributed by atoms with Crippen LogP contribution in [0.4, 0.5) is 11.5 Å². The summed E-state index contributed by atoms with van der Waals surface area (Å²) in [5, 5.41) is 16.7. The summed E-state index contributed by atoms with van der Waals surface area (Å²) in [5.41, 5.74) is 2.99. The Morgan fingerprint density at radius 2 is 2.20 bits per heavy atom. The van der Waals surface area contributed by atoms with Crippen LogP contribution in [0.5, 0.6) is 0 Å². The number of aromatic nitrogens is 3. The predicted octanol–water partition coefficient (Wildman–Crippen LogP) is 3.26. The van der Waals surface area contributed by atoms with Gasteiger partial charge in [-0.15, -0.1) is 11.3 Å². The van der Waals surface area contributed by atoms with E-state index in [1.165, 1.54) is 21.8 Å². The minimum absolute atomic E-state index is 0.0648. The summed E-state index contributed by atoms with van der Waals surface area (Å²) in [7, 11) is 0. The van der Waals surface area contributed by atoms with Crippen LogP contribution in [0.25, 0.3) is 20.4 Å². The lowest BCUT2D eigenvalue weighted by atomic mass is 9.93. The summed E-state index contributed by atoms with van der Waals surface area (Å²) < 4.78 is 0.901. The molecule has 0 aliphatic heterocycles. The van der Waals surface area contributed by atoms with Gasteiger partial charge in [0, 0.05) is 23.2 Å². The molecule has 0 bridgehead atoms. The number of hydrogen-bond donors (Lipinski definition) is 4. The Hall–Kier alpha value is -2.82. The number of rotatable bonds is 6. The molecule has 1 aliphatic carbocycles. The van der Waals surface area contributed by atoms with Crippen LogP contribution < -0.4 is 15.5 Å². The van der Waals surface area contributed by atoms with Crippen LogP contribution in [-0.4, -0.2) is 38.6 Å². The molecule has 3 heterocycles. The summed E-state index contributed by atoms with van der Waals surface area (Å²) in [6.07, 6.45) is 4.44. The second kappa shape index (κ2) is 7.78. The summed E-state index contributed by atoms with van der Waals surface area (Å²) in [5.74, 6) is -0.00558. The zero-order valence-corrected chi connectivity index (χ0v) is 17.5. The third-order valence-corrected chi connectivity index (χ3v) is 7.31. The van der Waals surface area contributed by atoms with Gasteiger partial charge in [-0.25, -0.2) is 9.97 Å². The van der Waals surface area contributed by atoms with Gasteiger partial charge >= 0.3 is 10.8 Å². The second-order valence-corrected chi connectivity index (χ2v) is 9.39. The van der Waals surface area contributed by atoms with Gasteiger partial charge in [0.25, 0.3) is 0 Å². The summed E-state index contributed by atoms with van der Waals surface area (Å²) >= 11 is 2.87. The van der Waals surface area contributed by atoms with Crippen LogP contribution in [0.15, 0.2) is 29.3 Å². The van der Waals surface area contributed by atoms with Gasteiger partial charge in [-0.2, -0.15) is 0 Å². The largest absolute Gasteiger partial charge is 0.481 e. The Bertz CT molecular complexity index is 1310. The van der Waals surface area contributed by atoms with E-state index in [2.05, 4.69) is 25.6 Å². The van der Waals surface area contributed by atoms with Gasteiger partial charge in [0.2, 0.25) is 0 Å². The molecule has 0 radical (unpaired) electrons. The van der Waals surface area contributed by atoms with E-state index in [1.54, 1.807) is 17.7 Å². The highest BCUT2D eigenvalue weighted by Crippen LogP contribution is 2.39. The molecule has 10 heteroatoms. The van der Waals surface area contributed by atoms with Gasteiger partial charge < -0.3 is 20.7 Å². The third-order valence-electron chi connectivity index (χ3n) is 5.30. The highest BCUT2D eigenvalue weighted by Gasteiger charge is 2.25. The molecule has 1 aliphatic rings. The number of aliphatic carboxylic acids is 1. The first-order valence-corrected chi connectivity index (χ1v) is 11.3. The van der Waals surface area contributed by atoms with Crippen LogP contribution in [-0.2, 0) is 17.6 Å². The molecule has 1 aromatic carbocycles. The number of nitrogens with one attached hydrogen (secondary N) is 3. The number of hydrogen-bond acceptors (Lipinski definition) is 8. The molecular weight excluding hydrogens is 422 g/mol. The molecule has 8 nitrogen and oxygen atoms in total. The van der Waals surface area contributed by atoms with E-state index in [0.29, 0.717) is 6.54 Å². The smallest absolute Gasteiger partial charge is 0.305 e. The monoisotopic (exact) mass is 441 g/mol. The first-order valence-electron chi connectivity index (χ1n) is 9.67. The van der Waals surface area contributed by atoms with Gasteiger partial charge in [-0.3, -0.25) is 9.59 Å². The van der Waals surface area contributed by atoms with Gasteiger partial charge in [0.05, 0.1) is 22.0 Å². The van der Waals surface area contributed by atoms with Crippen molar-refractivity contribution in [3.8, 4) is 0 Å². The molecule has 4 N–H and O–H groups in total. The Labute approximate surface area is 179 Å². The second-order valence-electron chi connectivity index (χ2n) is 7.29. The zero-order chi connectivity index (χ0) is 20.7. The van der Waals surface area contributed by atoms with E-state index in [1.807, 2.05) is 18.2 Å². The van der Waals surface area contributed by atoms with Crippen molar-refractivity contribution < 1.29 is 9.90 Å². The minimum atomic E-state index is -0.781. The molecule has 0 saturated heterocycles. The molecule has 0 saturated carbocycles. The summed E-state index contributed by atoms with van der Waals surface area (Å²) in [4.78, 5) is 36.3. The Balaban J connectivity index is 1.42. The average Bonchev–Trinajstić information content (AvgIpc) is 3.26. The van der Waals surface area contributed by atoms with Crippen LogP contribution in [0.1, 0.15) is 23.3 Å². The van der Waals surface area contributed by atoms with Crippen LogP contribution >= 0.6 is 22.7 Å². The van der Waals surface area contributed by atoms with Gasteiger partial charge in [-0.05, 0) is 43.0 Å². The number of carboxylic acid groups (broad SMARTS) is 1. The maximum atomic E-state index is 11.6. The maximum Gasteiger partial charge on any atom is 0.305 e. The number of nitrogens with zero attached hydrogens (tertiary/aromatic N) is 2. The van der Waals surface area contributed by atoms with Crippen molar-refractivity contribution in [3.63, 3.8) is 0 Å². The Kier molecular flexibility index (Phi) is 4.97. The van der Waals surface area contributed by atoms with E-state index >= 15 is 0 Å². The molecule has 4 aromatic rings. The molecule has 1 atom stereocenters. The molecule has 0 fully saturated rings. The SMILES string of the molecule is O=C(O)CCNC1CCc2c(sc3ncnc(Nc4ccc5[nH]c(=O)sc5c4)c23)C1. The number of H-pyrrole nitrogens is 1. The van der Waals surface area contributed by atoms with E-state index < -0.39 is 5.97 Å². The Morgan fingerprint density at radius 1 is 1.30 bits per heavy atom. The van der Waals surface area contributed by atoms with Crippen molar-refractivity contribution in [2.75, 3.05) is 11.9 Å². The molecule has 1 unspecified atom stereocenters. The zero-order valence-electron chi connectivity index (χ0n) is 15.9. The van der Waals surface area contributed by atoms with Crippen LogP contribution in [0.3, 0.4) is 0 Å². The van der Waals surface area contributed by atoms with Crippen LogP contribution in [0.2, 0.25) is 0 Å². The molecule has 0 spiro atoms. The lowest BCUT2D eigenvalue weighted by Crippen LogP contribution is -2.35. The van der Waals surface area contributed by atoms with Crippen molar-refractivity contribution in [1.82, 2.24) is 20.3 Å². The quantitative estimate of drug-likeness (QED) is 0.362. The maximum absolute atomic E-state index is 11.6. The number of aryl methyl sites for hydroxylation is 1. The number of thiophene rings is 1. The number of carbonyl (C=O) groups is 1. The number of aromatic amines is 1. The normalized spacial score (nSPS) is 16.1. The van der Waals surface area contributed by atoms with Gasteiger partial charge in [-0.1, -0.05) is 11.3 Å². The average molecular weight is 442 g/mol. The summed E-state index contributed by atoms with van der Waals surface area (Å²) in [6.45, 7) is 0.487. The minimum Gasteiger partial charge on any atom is -0.481 e. The number of carboxylic acids is 1. The van der Waals surface area contributed by atoms with Crippen molar-refractivity contribution in [3.05, 3.63) is 44.6 Å². The van der Waals surface area contributed by atoms with Crippen molar-refractivity contribution >= 4 is 60.6 Å². The third kappa shape index (κ3) is 3.69. The van der Waals surface area contributed by atoms with E-state index in [4.69, 9.17) is 5.11 Å². The molecule has 154 valence electrons. The highest BCUT2D eigenvalue weighted by molar-refractivity contribution is 7.19. The first kappa shape index (κ1) is 19.2. The number of benzene rings is 1. The number of thiazole rings is 1. The van der Waals surface area contributed by atoms with Gasteiger partial charge in [0.15, 0.2) is 0 Å². The number of anilines is 2.